The maximum absolute atomic E-state index is 12.1. The van der Waals surface area contributed by atoms with E-state index in [-0.39, 0.29) is 0 Å². The van der Waals surface area contributed by atoms with Crippen LogP contribution < -0.4 is 20.1 Å². The highest BCUT2D eigenvalue weighted by molar-refractivity contribution is 6.44. The molecule has 0 aliphatic rings. The van der Waals surface area contributed by atoms with Crippen molar-refractivity contribution in [2.24, 2.45) is 0 Å². The molecule has 0 aliphatic carbocycles. The molecule has 6 nitrogen and oxygen atoms in total. The quantitative estimate of drug-likeness (QED) is 0.831. The number of benzene rings is 2. The Labute approximate surface area is 144 Å². The topological polar surface area (TPSA) is 76.7 Å². The van der Waals surface area contributed by atoms with E-state index in [0.29, 0.717) is 27.9 Å². The highest BCUT2D eigenvalue weighted by atomic mass is 35.5. The van der Waals surface area contributed by atoms with Gasteiger partial charge in [0.1, 0.15) is 11.5 Å². The summed E-state index contributed by atoms with van der Waals surface area (Å²) in [5.41, 5.74) is 1.51. The van der Waals surface area contributed by atoms with E-state index in [1.165, 1.54) is 14.2 Å². The molecule has 0 fully saturated rings. The Hall–Kier alpha value is -2.73. The summed E-state index contributed by atoms with van der Waals surface area (Å²) in [6.45, 7) is 1.78. The monoisotopic (exact) mass is 348 g/mol. The maximum Gasteiger partial charge on any atom is 0.314 e. The molecule has 2 N–H and O–H groups in total. The number of hydrogen-bond donors (Lipinski definition) is 2. The first-order valence-corrected chi connectivity index (χ1v) is 7.43. The second-order valence-corrected chi connectivity index (χ2v) is 5.32. The van der Waals surface area contributed by atoms with Crippen LogP contribution in [-0.4, -0.2) is 26.0 Å². The van der Waals surface area contributed by atoms with E-state index in [1.807, 2.05) is 0 Å². The molecule has 2 amide bonds. The molecular weight excluding hydrogens is 332 g/mol. The van der Waals surface area contributed by atoms with E-state index in [0.717, 1.165) is 5.56 Å². The van der Waals surface area contributed by atoms with Crippen LogP contribution in [0.2, 0.25) is 5.02 Å². The van der Waals surface area contributed by atoms with Crippen LogP contribution in [-0.2, 0) is 9.59 Å². The van der Waals surface area contributed by atoms with Crippen LogP contribution in [0.3, 0.4) is 0 Å². The molecule has 0 aliphatic heterocycles. The molecule has 0 spiro atoms. The van der Waals surface area contributed by atoms with Gasteiger partial charge >= 0.3 is 11.8 Å². The van der Waals surface area contributed by atoms with Gasteiger partial charge in [0.25, 0.3) is 0 Å². The average Bonchev–Trinajstić information content (AvgIpc) is 2.58. The van der Waals surface area contributed by atoms with E-state index < -0.39 is 11.8 Å². The van der Waals surface area contributed by atoms with Crippen molar-refractivity contribution >= 4 is 34.8 Å². The van der Waals surface area contributed by atoms with Crippen molar-refractivity contribution in [2.75, 3.05) is 24.9 Å². The Balaban J connectivity index is 2.15. The predicted molar refractivity (Wildman–Crippen MR) is 93.0 cm³/mol. The third-order valence-corrected chi connectivity index (χ3v) is 3.70. The number of hydrogen-bond acceptors (Lipinski definition) is 4. The largest absolute Gasteiger partial charge is 0.495 e. The molecule has 0 atom stereocenters. The van der Waals surface area contributed by atoms with Gasteiger partial charge in [-0.1, -0.05) is 23.7 Å². The van der Waals surface area contributed by atoms with Gasteiger partial charge in [0.2, 0.25) is 0 Å². The highest BCUT2D eigenvalue weighted by Crippen LogP contribution is 2.31. The lowest BCUT2D eigenvalue weighted by atomic mass is 10.2. The van der Waals surface area contributed by atoms with Crippen LogP contribution in [0.4, 0.5) is 11.4 Å². The summed E-state index contributed by atoms with van der Waals surface area (Å²) in [7, 11) is 2.93. The molecule has 7 heteroatoms. The first-order valence-electron chi connectivity index (χ1n) is 7.05. The van der Waals surface area contributed by atoms with Gasteiger partial charge < -0.3 is 20.1 Å². The van der Waals surface area contributed by atoms with Crippen LogP contribution in [0.25, 0.3) is 0 Å². The predicted octanol–water partition coefficient (Wildman–Crippen LogP) is 3.24. The molecule has 0 unspecified atom stereocenters. The lowest BCUT2D eigenvalue weighted by Crippen LogP contribution is -2.29. The number of methoxy groups -OCH3 is 2. The summed E-state index contributed by atoms with van der Waals surface area (Å²) < 4.78 is 10.3. The lowest BCUT2D eigenvalue weighted by Gasteiger charge is -2.13. The number of nitrogens with one attached hydrogen (secondary N) is 2. The van der Waals surface area contributed by atoms with Gasteiger partial charge in [0, 0.05) is 11.1 Å². The number of anilines is 2. The molecule has 0 aromatic heterocycles. The number of carbonyl (C=O) groups is 2. The van der Waals surface area contributed by atoms with Crippen LogP contribution >= 0.6 is 11.6 Å². The molecule has 0 saturated heterocycles. The van der Waals surface area contributed by atoms with Gasteiger partial charge in [-0.25, -0.2) is 0 Å². The van der Waals surface area contributed by atoms with Gasteiger partial charge in [-0.3, -0.25) is 9.59 Å². The molecule has 2 aromatic rings. The smallest absolute Gasteiger partial charge is 0.314 e. The summed E-state index contributed by atoms with van der Waals surface area (Å²) in [6.07, 6.45) is 0. The standard InChI is InChI=1S/C17H17ClN2O4/c1-10-8-13(15(24-3)9-11(10)18)20-17(22)16(21)19-12-6-4-5-7-14(12)23-2/h4-9H,1-3H3,(H,19,21)(H,20,22). The first-order chi connectivity index (χ1) is 11.5. The minimum atomic E-state index is -0.832. The Morgan fingerprint density at radius 3 is 2.12 bits per heavy atom. The van der Waals surface area contributed by atoms with Crippen molar-refractivity contribution in [3.63, 3.8) is 0 Å². The number of amides is 2. The van der Waals surface area contributed by atoms with E-state index in [9.17, 15) is 9.59 Å². The zero-order valence-corrected chi connectivity index (χ0v) is 14.2. The maximum atomic E-state index is 12.1. The fraction of sp³-hybridized carbons (Fsp3) is 0.176. The second kappa shape index (κ2) is 7.70. The van der Waals surface area contributed by atoms with Crippen molar-refractivity contribution < 1.29 is 19.1 Å². The van der Waals surface area contributed by atoms with Crippen LogP contribution in [0.1, 0.15) is 5.56 Å². The summed E-state index contributed by atoms with van der Waals surface area (Å²) >= 11 is 6.02. The molecule has 0 saturated carbocycles. The Morgan fingerprint density at radius 2 is 1.50 bits per heavy atom. The fourth-order valence-corrected chi connectivity index (χ4v) is 2.19. The molecule has 0 radical (unpaired) electrons. The van der Waals surface area contributed by atoms with Gasteiger partial charge in [-0.2, -0.15) is 0 Å². The number of rotatable bonds is 4. The minimum Gasteiger partial charge on any atom is -0.495 e. The highest BCUT2D eigenvalue weighted by Gasteiger charge is 2.18. The second-order valence-electron chi connectivity index (χ2n) is 4.91. The van der Waals surface area contributed by atoms with E-state index in [1.54, 1.807) is 43.3 Å². The first kappa shape index (κ1) is 17.6. The third-order valence-electron chi connectivity index (χ3n) is 3.29. The third kappa shape index (κ3) is 3.97. The SMILES string of the molecule is COc1ccccc1NC(=O)C(=O)Nc1cc(C)c(Cl)cc1OC. The number of ether oxygens (including phenoxy) is 2. The van der Waals surface area contributed by atoms with Crippen molar-refractivity contribution in [3.8, 4) is 11.5 Å². The fourth-order valence-electron chi connectivity index (χ4n) is 2.04. The Kier molecular flexibility index (Phi) is 5.65. The molecule has 0 bridgehead atoms. The summed E-state index contributed by atoms with van der Waals surface area (Å²) in [6, 6.07) is 10.0. The number of para-hydroxylation sites is 2. The zero-order valence-electron chi connectivity index (χ0n) is 13.5. The summed E-state index contributed by atoms with van der Waals surface area (Å²) in [5, 5.41) is 5.52. The van der Waals surface area contributed by atoms with Crippen molar-refractivity contribution in [2.45, 2.75) is 6.92 Å². The molecule has 0 heterocycles. The number of carbonyl (C=O) groups excluding carboxylic acids is 2. The number of aryl methyl sites for hydroxylation is 1. The summed E-state index contributed by atoms with van der Waals surface area (Å²) in [4.78, 5) is 24.2. The summed E-state index contributed by atoms with van der Waals surface area (Å²) in [5.74, 6) is -0.835. The van der Waals surface area contributed by atoms with Gasteiger partial charge in [-0.05, 0) is 30.7 Å². The Morgan fingerprint density at radius 1 is 0.917 bits per heavy atom. The molecule has 2 rings (SSSR count). The minimum absolute atomic E-state index is 0.361. The zero-order chi connectivity index (χ0) is 17.7. The molecule has 2 aromatic carbocycles. The lowest BCUT2D eigenvalue weighted by molar-refractivity contribution is -0.133. The normalized spacial score (nSPS) is 10.0. The van der Waals surface area contributed by atoms with Gasteiger partial charge in [0.15, 0.2) is 0 Å². The van der Waals surface area contributed by atoms with Crippen LogP contribution in [0.15, 0.2) is 36.4 Å². The van der Waals surface area contributed by atoms with Crippen molar-refractivity contribution in [1.29, 1.82) is 0 Å². The van der Waals surface area contributed by atoms with Crippen molar-refractivity contribution in [3.05, 3.63) is 47.0 Å². The van der Waals surface area contributed by atoms with Crippen LogP contribution in [0.5, 0.6) is 11.5 Å². The van der Waals surface area contributed by atoms with Gasteiger partial charge in [0.05, 0.1) is 25.6 Å². The van der Waals surface area contributed by atoms with Crippen molar-refractivity contribution in [1.82, 2.24) is 0 Å². The molecule has 24 heavy (non-hydrogen) atoms. The van der Waals surface area contributed by atoms with E-state index >= 15 is 0 Å². The Bertz CT molecular complexity index is 777. The van der Waals surface area contributed by atoms with E-state index in [4.69, 9.17) is 21.1 Å². The molecular formula is C17H17ClN2O4. The van der Waals surface area contributed by atoms with Crippen LogP contribution in [0, 0.1) is 6.92 Å². The molecule has 126 valence electrons. The van der Waals surface area contributed by atoms with Gasteiger partial charge in [-0.15, -0.1) is 0 Å². The average molecular weight is 349 g/mol. The number of halogens is 1. The van der Waals surface area contributed by atoms with E-state index in [2.05, 4.69) is 10.6 Å².